The van der Waals surface area contributed by atoms with Gasteiger partial charge in [0.1, 0.15) is 12.3 Å². The van der Waals surface area contributed by atoms with Crippen LogP contribution in [0.4, 0.5) is 0 Å². The van der Waals surface area contributed by atoms with Crippen LogP contribution in [0.3, 0.4) is 0 Å². The molecule has 0 fully saturated rings. The van der Waals surface area contributed by atoms with Gasteiger partial charge in [0, 0.05) is 24.6 Å². The third-order valence-corrected chi connectivity index (χ3v) is 3.98. The van der Waals surface area contributed by atoms with Crippen LogP contribution >= 0.6 is 24.0 Å². The first kappa shape index (κ1) is 19.6. The molecule has 1 atom stereocenters. The summed E-state index contributed by atoms with van der Waals surface area (Å²) in [6, 6.07) is 10.3. The number of aromatic nitrogens is 1. The van der Waals surface area contributed by atoms with Gasteiger partial charge >= 0.3 is 0 Å². The number of guanidine groups is 1. The second kappa shape index (κ2) is 9.65. The second-order valence-corrected chi connectivity index (χ2v) is 5.71. The fourth-order valence-corrected chi connectivity index (χ4v) is 2.73. The lowest BCUT2D eigenvalue weighted by atomic mass is 10.0. The van der Waals surface area contributed by atoms with Crippen molar-refractivity contribution >= 4 is 29.9 Å². The number of halogens is 1. The van der Waals surface area contributed by atoms with Gasteiger partial charge in [0.15, 0.2) is 11.7 Å². The summed E-state index contributed by atoms with van der Waals surface area (Å²) < 4.78 is 11.0. The molecule has 0 bridgehead atoms. The number of nitrogens with one attached hydrogen (secondary N) is 2. The average Bonchev–Trinajstić information content (AvgIpc) is 3.08. The minimum Gasteiger partial charge on any atom is -0.493 e. The first-order chi connectivity index (χ1) is 11.8. The number of hydrogen-bond acceptors (Lipinski definition) is 4. The van der Waals surface area contributed by atoms with Crippen molar-refractivity contribution in [1.82, 2.24) is 15.8 Å². The van der Waals surface area contributed by atoms with Crippen LogP contribution in [0.15, 0.2) is 39.8 Å². The topological polar surface area (TPSA) is 71.7 Å². The maximum Gasteiger partial charge on any atom is 0.192 e. The van der Waals surface area contributed by atoms with Crippen LogP contribution in [-0.4, -0.2) is 24.3 Å². The maximum atomic E-state index is 5.72. The highest BCUT2D eigenvalue weighted by molar-refractivity contribution is 14.0. The van der Waals surface area contributed by atoms with Gasteiger partial charge in [-0.2, -0.15) is 0 Å². The number of ether oxygens (including phenoxy) is 1. The van der Waals surface area contributed by atoms with Gasteiger partial charge in [-0.1, -0.05) is 30.3 Å². The molecule has 1 unspecified atom stereocenters. The average molecular weight is 456 g/mol. The van der Waals surface area contributed by atoms with Gasteiger partial charge in [0.25, 0.3) is 0 Å². The van der Waals surface area contributed by atoms with E-state index < -0.39 is 0 Å². The Morgan fingerprint density at radius 1 is 1.32 bits per heavy atom. The fourth-order valence-electron chi connectivity index (χ4n) is 2.73. The SMILES string of the molecule is CCNC(=NCc1cc(CC)no1)NC1CCOc2ccccc21.I. The number of hydrogen-bond donors (Lipinski definition) is 2. The Labute approximate surface area is 165 Å². The van der Waals surface area contributed by atoms with Crippen molar-refractivity contribution < 1.29 is 9.26 Å². The van der Waals surface area contributed by atoms with Crippen LogP contribution in [0.5, 0.6) is 5.75 Å². The molecule has 2 N–H and O–H groups in total. The van der Waals surface area contributed by atoms with E-state index >= 15 is 0 Å². The van der Waals surface area contributed by atoms with E-state index in [1.165, 1.54) is 5.56 Å². The van der Waals surface area contributed by atoms with Crippen LogP contribution in [0.1, 0.15) is 43.3 Å². The lowest BCUT2D eigenvalue weighted by Crippen LogP contribution is -2.41. The Balaban J connectivity index is 0.00000225. The standard InChI is InChI=1S/C18H24N4O2.HI/c1-3-13-11-14(24-22-13)12-20-18(19-4-2)21-16-9-10-23-17-8-6-5-7-15(16)17;/h5-8,11,16H,3-4,9-10,12H2,1-2H3,(H2,19,20,21);1H. The highest BCUT2D eigenvalue weighted by Gasteiger charge is 2.21. The predicted octanol–water partition coefficient (Wildman–Crippen LogP) is 3.43. The Morgan fingerprint density at radius 3 is 2.92 bits per heavy atom. The van der Waals surface area contributed by atoms with Gasteiger partial charge in [-0.15, -0.1) is 24.0 Å². The minimum atomic E-state index is 0. The maximum absolute atomic E-state index is 5.72. The zero-order valence-electron chi connectivity index (χ0n) is 14.6. The van der Waals surface area contributed by atoms with Crippen molar-refractivity contribution in [3.8, 4) is 5.75 Å². The van der Waals surface area contributed by atoms with Gasteiger partial charge in [0.2, 0.25) is 0 Å². The number of rotatable bonds is 5. The number of aryl methyl sites for hydroxylation is 1. The van der Waals surface area contributed by atoms with Gasteiger partial charge in [-0.05, 0) is 19.4 Å². The molecule has 0 saturated heterocycles. The summed E-state index contributed by atoms with van der Waals surface area (Å²) in [5.74, 6) is 2.49. The van der Waals surface area contributed by atoms with Crippen LogP contribution in [0.2, 0.25) is 0 Å². The van der Waals surface area contributed by atoms with E-state index in [1.807, 2.05) is 24.3 Å². The summed E-state index contributed by atoms with van der Waals surface area (Å²) in [4.78, 5) is 4.62. The van der Waals surface area contributed by atoms with E-state index in [0.29, 0.717) is 13.2 Å². The lowest BCUT2D eigenvalue weighted by Gasteiger charge is -2.28. The Bertz CT molecular complexity index is 702. The largest absolute Gasteiger partial charge is 0.493 e. The van der Waals surface area contributed by atoms with Gasteiger partial charge in [-0.3, -0.25) is 0 Å². The quantitative estimate of drug-likeness (QED) is 0.410. The third kappa shape index (κ3) is 5.10. The molecule has 2 heterocycles. The molecule has 1 aliphatic heterocycles. The smallest absolute Gasteiger partial charge is 0.192 e. The van der Waals surface area contributed by atoms with Crippen molar-refractivity contribution in [2.45, 2.75) is 39.3 Å². The minimum absolute atomic E-state index is 0. The Kier molecular flexibility index (Phi) is 7.54. The summed E-state index contributed by atoms with van der Waals surface area (Å²) in [5.41, 5.74) is 2.12. The molecule has 2 aromatic rings. The van der Waals surface area contributed by atoms with Gasteiger partial charge < -0.3 is 19.9 Å². The molecular weight excluding hydrogens is 431 g/mol. The summed E-state index contributed by atoms with van der Waals surface area (Å²) in [6.45, 7) is 6.08. The van der Waals surface area contributed by atoms with E-state index in [9.17, 15) is 0 Å². The molecule has 3 rings (SSSR count). The first-order valence-electron chi connectivity index (χ1n) is 8.51. The summed E-state index contributed by atoms with van der Waals surface area (Å²) in [7, 11) is 0. The van der Waals surface area contributed by atoms with Crippen molar-refractivity contribution in [1.29, 1.82) is 0 Å². The third-order valence-electron chi connectivity index (χ3n) is 3.98. The van der Waals surface area contributed by atoms with Crippen LogP contribution in [0, 0.1) is 0 Å². The normalized spacial score (nSPS) is 16.4. The number of nitrogens with zero attached hydrogens (tertiary/aromatic N) is 2. The molecular formula is C18H25IN4O2. The van der Waals surface area contributed by atoms with Gasteiger partial charge in [-0.25, -0.2) is 4.99 Å². The molecule has 0 amide bonds. The lowest BCUT2D eigenvalue weighted by molar-refractivity contribution is 0.261. The molecule has 0 spiro atoms. The molecule has 7 heteroatoms. The summed E-state index contributed by atoms with van der Waals surface area (Å²) in [5, 5.41) is 10.8. The molecule has 0 radical (unpaired) electrons. The van der Waals surface area contributed by atoms with E-state index in [0.717, 1.165) is 42.5 Å². The molecule has 1 aromatic carbocycles. The zero-order valence-corrected chi connectivity index (χ0v) is 16.9. The first-order valence-corrected chi connectivity index (χ1v) is 8.51. The van der Waals surface area contributed by atoms with E-state index in [1.54, 1.807) is 0 Å². The van der Waals surface area contributed by atoms with Crippen LogP contribution < -0.4 is 15.4 Å². The second-order valence-electron chi connectivity index (χ2n) is 5.71. The molecule has 6 nitrogen and oxygen atoms in total. The summed E-state index contributed by atoms with van der Waals surface area (Å²) in [6.07, 6.45) is 1.77. The number of para-hydroxylation sites is 1. The van der Waals surface area contributed by atoms with Gasteiger partial charge in [0.05, 0.1) is 18.3 Å². The predicted molar refractivity (Wildman–Crippen MR) is 109 cm³/mol. The highest BCUT2D eigenvalue weighted by atomic mass is 127. The molecule has 1 aromatic heterocycles. The molecule has 0 aliphatic carbocycles. The van der Waals surface area contributed by atoms with Crippen LogP contribution in [0.25, 0.3) is 0 Å². The molecule has 136 valence electrons. The monoisotopic (exact) mass is 456 g/mol. The molecule has 0 saturated carbocycles. The Hall–Kier alpha value is -1.77. The van der Waals surface area contributed by atoms with Crippen molar-refractivity contribution in [2.75, 3.05) is 13.2 Å². The number of fused-ring (bicyclic) bond motifs is 1. The highest BCUT2D eigenvalue weighted by Crippen LogP contribution is 2.31. The van der Waals surface area contributed by atoms with E-state index in [2.05, 4.69) is 40.7 Å². The van der Waals surface area contributed by atoms with Crippen molar-refractivity contribution in [3.63, 3.8) is 0 Å². The number of aliphatic imine (C=N–C) groups is 1. The summed E-state index contributed by atoms with van der Waals surface area (Å²) >= 11 is 0. The fraction of sp³-hybridized carbons (Fsp3) is 0.444. The Morgan fingerprint density at radius 2 is 2.16 bits per heavy atom. The van der Waals surface area contributed by atoms with Crippen molar-refractivity contribution in [3.05, 3.63) is 47.3 Å². The molecule has 25 heavy (non-hydrogen) atoms. The van der Waals surface area contributed by atoms with E-state index in [4.69, 9.17) is 9.26 Å². The van der Waals surface area contributed by atoms with Crippen LogP contribution in [-0.2, 0) is 13.0 Å². The van der Waals surface area contributed by atoms with Crippen molar-refractivity contribution in [2.24, 2.45) is 4.99 Å². The number of benzene rings is 1. The molecule has 1 aliphatic rings. The van der Waals surface area contributed by atoms with E-state index in [-0.39, 0.29) is 30.0 Å². The zero-order chi connectivity index (χ0) is 16.8.